The Bertz CT molecular complexity index is 318. The second-order valence-electron chi connectivity index (χ2n) is 2.31. The van der Waals surface area contributed by atoms with Gasteiger partial charge in [0.2, 0.25) is 0 Å². The van der Waals surface area contributed by atoms with E-state index in [2.05, 4.69) is 6.58 Å². The highest BCUT2D eigenvalue weighted by atomic mass is 16.5. The first-order valence-electron chi connectivity index (χ1n) is 3.72. The Morgan fingerprint density at radius 2 is 2.23 bits per heavy atom. The number of carbonyl (C=O) groups excluding carboxylic acids is 1. The third-order valence-corrected chi connectivity index (χ3v) is 1.56. The fourth-order valence-corrected chi connectivity index (χ4v) is 0.931. The maximum absolute atomic E-state index is 10.5. The van der Waals surface area contributed by atoms with E-state index in [1.54, 1.807) is 25.3 Å². The highest BCUT2D eigenvalue weighted by Crippen LogP contribution is 2.23. The molecule has 3 nitrogen and oxygen atoms in total. The van der Waals surface area contributed by atoms with E-state index in [-0.39, 0.29) is 0 Å². The van der Waals surface area contributed by atoms with E-state index in [9.17, 15) is 4.79 Å². The lowest BCUT2D eigenvalue weighted by Gasteiger charge is -2.05. The van der Waals surface area contributed by atoms with Crippen LogP contribution in [-0.4, -0.2) is 13.4 Å². The molecule has 0 aliphatic rings. The summed E-state index contributed by atoms with van der Waals surface area (Å²) in [6.07, 6.45) is 1.99. The molecule has 3 heteroatoms. The van der Waals surface area contributed by atoms with E-state index in [0.29, 0.717) is 17.1 Å². The van der Waals surface area contributed by atoms with Gasteiger partial charge in [-0.25, -0.2) is 0 Å². The molecular weight excluding hydrogens is 168 g/mol. The zero-order valence-corrected chi connectivity index (χ0v) is 7.32. The van der Waals surface area contributed by atoms with Gasteiger partial charge in [-0.3, -0.25) is 4.79 Å². The van der Waals surface area contributed by atoms with Crippen molar-refractivity contribution in [1.82, 2.24) is 0 Å². The molecule has 0 atom stereocenters. The van der Waals surface area contributed by atoms with Crippen LogP contribution in [0.4, 0.5) is 0 Å². The second kappa shape index (κ2) is 4.30. The smallest absolute Gasteiger partial charge is 0.153 e. The molecule has 0 radical (unpaired) electrons. The molecule has 0 saturated carbocycles. The van der Waals surface area contributed by atoms with Gasteiger partial charge in [-0.15, -0.1) is 0 Å². The lowest BCUT2D eigenvalue weighted by atomic mass is 10.2. The number of carbonyl (C=O) groups is 1. The molecule has 68 valence electrons. The Balaban J connectivity index is 3.08. The van der Waals surface area contributed by atoms with Crippen molar-refractivity contribution >= 4 is 6.29 Å². The Morgan fingerprint density at radius 1 is 1.46 bits per heavy atom. The molecule has 0 unspecified atom stereocenters. The lowest BCUT2D eigenvalue weighted by molar-refractivity contribution is 0.112. The fourth-order valence-electron chi connectivity index (χ4n) is 0.931. The zero-order valence-electron chi connectivity index (χ0n) is 7.32. The van der Waals surface area contributed by atoms with Gasteiger partial charge in [0.15, 0.2) is 6.29 Å². The topological polar surface area (TPSA) is 35.5 Å². The minimum Gasteiger partial charge on any atom is -0.497 e. The van der Waals surface area contributed by atoms with Crippen LogP contribution in [0.3, 0.4) is 0 Å². The van der Waals surface area contributed by atoms with Crippen LogP contribution in [0.5, 0.6) is 11.5 Å². The quantitative estimate of drug-likeness (QED) is 0.522. The summed E-state index contributed by atoms with van der Waals surface area (Å²) in [6, 6.07) is 4.95. The highest BCUT2D eigenvalue weighted by molar-refractivity contribution is 5.79. The second-order valence-corrected chi connectivity index (χ2v) is 2.31. The van der Waals surface area contributed by atoms with Gasteiger partial charge in [-0.2, -0.15) is 0 Å². The van der Waals surface area contributed by atoms with Crippen molar-refractivity contribution in [1.29, 1.82) is 0 Å². The number of hydrogen-bond acceptors (Lipinski definition) is 3. The van der Waals surface area contributed by atoms with E-state index in [0.717, 1.165) is 6.29 Å². The molecule has 0 amide bonds. The maximum atomic E-state index is 10.5. The van der Waals surface area contributed by atoms with Crippen molar-refractivity contribution in [3.63, 3.8) is 0 Å². The predicted molar refractivity (Wildman–Crippen MR) is 49.2 cm³/mol. The summed E-state index contributed by atoms with van der Waals surface area (Å²) in [7, 11) is 1.55. The van der Waals surface area contributed by atoms with Gasteiger partial charge < -0.3 is 9.47 Å². The van der Waals surface area contributed by atoms with Crippen molar-refractivity contribution in [2.75, 3.05) is 7.11 Å². The molecular formula is C10H10O3. The number of aldehydes is 1. The summed E-state index contributed by atoms with van der Waals surface area (Å²) in [6.45, 7) is 3.41. The van der Waals surface area contributed by atoms with Crippen LogP contribution in [0.2, 0.25) is 0 Å². The Hall–Kier alpha value is -1.77. The molecule has 0 aliphatic heterocycles. The van der Waals surface area contributed by atoms with Crippen LogP contribution in [0.1, 0.15) is 10.4 Å². The number of rotatable bonds is 4. The molecule has 1 aromatic rings. The molecule has 0 aliphatic carbocycles. The average molecular weight is 178 g/mol. The highest BCUT2D eigenvalue weighted by Gasteiger charge is 2.03. The zero-order chi connectivity index (χ0) is 9.68. The van der Waals surface area contributed by atoms with Crippen LogP contribution >= 0.6 is 0 Å². The SMILES string of the molecule is C=COc1cc(OC)ccc1C=O. The molecule has 0 fully saturated rings. The van der Waals surface area contributed by atoms with E-state index in [1.165, 1.54) is 6.26 Å². The molecule has 0 aromatic heterocycles. The number of benzene rings is 1. The molecule has 1 aromatic carbocycles. The van der Waals surface area contributed by atoms with Crippen molar-refractivity contribution in [3.8, 4) is 11.5 Å². The minimum atomic E-state index is 0.448. The van der Waals surface area contributed by atoms with Crippen LogP contribution in [0, 0.1) is 0 Å². The average Bonchev–Trinajstić information content (AvgIpc) is 2.18. The third-order valence-electron chi connectivity index (χ3n) is 1.56. The van der Waals surface area contributed by atoms with Crippen LogP contribution in [0.15, 0.2) is 31.0 Å². The number of hydrogen-bond donors (Lipinski definition) is 0. The van der Waals surface area contributed by atoms with E-state index in [1.807, 2.05) is 0 Å². The first-order chi connectivity index (χ1) is 6.31. The summed E-state index contributed by atoms with van der Waals surface area (Å²) in [5, 5.41) is 0. The summed E-state index contributed by atoms with van der Waals surface area (Å²) < 4.78 is 9.99. The molecule has 0 spiro atoms. The van der Waals surface area contributed by atoms with Gasteiger partial charge in [0, 0.05) is 6.07 Å². The Morgan fingerprint density at radius 3 is 2.77 bits per heavy atom. The Labute approximate surface area is 76.6 Å². The molecule has 0 N–H and O–H groups in total. The van der Waals surface area contributed by atoms with Gasteiger partial charge in [-0.1, -0.05) is 6.58 Å². The number of methoxy groups -OCH3 is 1. The normalized spacial score (nSPS) is 9.00. The summed E-state index contributed by atoms with van der Waals surface area (Å²) >= 11 is 0. The van der Waals surface area contributed by atoms with Crippen molar-refractivity contribution in [2.24, 2.45) is 0 Å². The standard InChI is InChI=1S/C10H10O3/c1-3-13-10-6-9(12-2)5-4-8(10)7-11/h3-7H,1H2,2H3. The summed E-state index contributed by atoms with van der Waals surface area (Å²) in [5.74, 6) is 1.09. The van der Waals surface area contributed by atoms with E-state index < -0.39 is 0 Å². The largest absolute Gasteiger partial charge is 0.497 e. The van der Waals surface area contributed by atoms with Crippen LogP contribution in [-0.2, 0) is 0 Å². The molecule has 0 heterocycles. The van der Waals surface area contributed by atoms with Crippen molar-refractivity contribution in [2.45, 2.75) is 0 Å². The number of ether oxygens (including phenoxy) is 2. The summed E-state index contributed by atoms with van der Waals surface area (Å²) in [5.41, 5.74) is 0.473. The van der Waals surface area contributed by atoms with Crippen molar-refractivity contribution < 1.29 is 14.3 Å². The lowest BCUT2D eigenvalue weighted by Crippen LogP contribution is -1.90. The molecule has 0 bridgehead atoms. The van der Waals surface area contributed by atoms with Gasteiger partial charge >= 0.3 is 0 Å². The van der Waals surface area contributed by atoms with E-state index in [4.69, 9.17) is 9.47 Å². The monoisotopic (exact) mass is 178 g/mol. The van der Waals surface area contributed by atoms with Crippen LogP contribution < -0.4 is 9.47 Å². The first-order valence-corrected chi connectivity index (χ1v) is 3.72. The molecule has 1 rings (SSSR count). The van der Waals surface area contributed by atoms with Crippen molar-refractivity contribution in [3.05, 3.63) is 36.6 Å². The van der Waals surface area contributed by atoms with E-state index >= 15 is 0 Å². The minimum absolute atomic E-state index is 0.448. The predicted octanol–water partition coefficient (Wildman–Crippen LogP) is 2.03. The van der Waals surface area contributed by atoms with Gasteiger partial charge in [0.05, 0.1) is 18.9 Å². The maximum Gasteiger partial charge on any atom is 0.153 e. The fraction of sp³-hybridized carbons (Fsp3) is 0.100. The summed E-state index contributed by atoms with van der Waals surface area (Å²) in [4.78, 5) is 10.5. The Kier molecular flexibility index (Phi) is 3.09. The van der Waals surface area contributed by atoms with Gasteiger partial charge in [0.25, 0.3) is 0 Å². The van der Waals surface area contributed by atoms with Gasteiger partial charge in [-0.05, 0) is 12.1 Å². The molecule has 13 heavy (non-hydrogen) atoms. The first kappa shape index (κ1) is 9.32. The third kappa shape index (κ3) is 2.08. The van der Waals surface area contributed by atoms with Crippen LogP contribution in [0.25, 0.3) is 0 Å². The van der Waals surface area contributed by atoms with Gasteiger partial charge in [0.1, 0.15) is 11.5 Å². The molecule has 0 saturated heterocycles.